The van der Waals surface area contributed by atoms with Crippen LogP contribution in [0.25, 0.3) is 0 Å². The molecule has 1 amide bonds. The number of aryl methyl sites for hydroxylation is 1. The summed E-state index contributed by atoms with van der Waals surface area (Å²) in [5.41, 5.74) is 3.94. The third kappa shape index (κ3) is 4.39. The van der Waals surface area contributed by atoms with Gasteiger partial charge in [0.1, 0.15) is 6.04 Å². The van der Waals surface area contributed by atoms with Crippen LogP contribution >= 0.6 is 0 Å². The lowest BCUT2D eigenvalue weighted by atomic mass is 10.1. The van der Waals surface area contributed by atoms with Crippen LogP contribution in [0.5, 0.6) is 0 Å². The van der Waals surface area contributed by atoms with Crippen LogP contribution in [0.1, 0.15) is 30.9 Å². The van der Waals surface area contributed by atoms with Crippen molar-refractivity contribution in [2.45, 2.75) is 52.3 Å². The van der Waals surface area contributed by atoms with Gasteiger partial charge in [-0.25, -0.2) is 0 Å². The smallest absolute Gasteiger partial charge is 0.246 e. The molecule has 25 heavy (non-hydrogen) atoms. The van der Waals surface area contributed by atoms with E-state index in [9.17, 15) is 4.79 Å². The Labute approximate surface area is 148 Å². The molecule has 0 bridgehead atoms. The molecule has 2 N–H and O–H groups in total. The largest absolute Gasteiger partial charge is 0.376 e. The molecule has 0 aliphatic carbocycles. The fourth-order valence-electron chi connectivity index (χ4n) is 2.98. The zero-order chi connectivity index (χ0) is 17.8. The number of anilines is 2. The molecule has 2 atom stereocenters. The summed E-state index contributed by atoms with van der Waals surface area (Å²) in [6, 6.07) is 5.55. The van der Waals surface area contributed by atoms with E-state index < -0.39 is 0 Å². The highest BCUT2D eigenvalue weighted by Crippen LogP contribution is 2.19. The van der Waals surface area contributed by atoms with Gasteiger partial charge in [0.05, 0.1) is 24.5 Å². The number of aromatic nitrogens is 2. The third-order valence-corrected chi connectivity index (χ3v) is 4.69. The summed E-state index contributed by atoms with van der Waals surface area (Å²) in [6.07, 6.45) is 6.11. The summed E-state index contributed by atoms with van der Waals surface area (Å²) in [5, 5.41) is 10.5. The minimum absolute atomic E-state index is 0.0689. The number of nitrogens with one attached hydrogen (secondary N) is 2. The van der Waals surface area contributed by atoms with E-state index >= 15 is 0 Å². The van der Waals surface area contributed by atoms with Gasteiger partial charge in [-0.1, -0.05) is 12.1 Å². The minimum atomic E-state index is -0.361. The lowest BCUT2D eigenvalue weighted by Crippen LogP contribution is -2.32. The third-order valence-electron chi connectivity index (χ3n) is 4.69. The zero-order valence-electron chi connectivity index (χ0n) is 15.1. The van der Waals surface area contributed by atoms with E-state index in [1.165, 1.54) is 0 Å². The van der Waals surface area contributed by atoms with Crippen LogP contribution in [-0.4, -0.2) is 34.4 Å². The monoisotopic (exact) mass is 342 g/mol. The Hall–Kier alpha value is -2.34. The Kier molecular flexibility index (Phi) is 5.38. The van der Waals surface area contributed by atoms with Gasteiger partial charge in [0.15, 0.2) is 0 Å². The number of ether oxygens (including phenoxy) is 1. The van der Waals surface area contributed by atoms with Crippen molar-refractivity contribution < 1.29 is 9.53 Å². The number of hydrogen-bond acceptors (Lipinski definition) is 4. The molecule has 0 radical (unpaired) electrons. The van der Waals surface area contributed by atoms with Crippen LogP contribution in [0.2, 0.25) is 0 Å². The van der Waals surface area contributed by atoms with Crippen molar-refractivity contribution in [3.05, 3.63) is 41.7 Å². The van der Waals surface area contributed by atoms with Crippen molar-refractivity contribution in [3.8, 4) is 0 Å². The zero-order valence-corrected chi connectivity index (χ0v) is 15.1. The van der Waals surface area contributed by atoms with E-state index in [0.717, 1.165) is 48.5 Å². The first-order valence-electron chi connectivity index (χ1n) is 8.80. The van der Waals surface area contributed by atoms with Crippen LogP contribution in [0.4, 0.5) is 11.4 Å². The first kappa shape index (κ1) is 17.5. The van der Waals surface area contributed by atoms with Gasteiger partial charge in [-0.05, 0) is 50.8 Å². The van der Waals surface area contributed by atoms with Gasteiger partial charge in [-0.15, -0.1) is 0 Å². The predicted molar refractivity (Wildman–Crippen MR) is 98.8 cm³/mol. The van der Waals surface area contributed by atoms with Crippen molar-refractivity contribution in [2.75, 3.05) is 17.2 Å². The maximum Gasteiger partial charge on any atom is 0.246 e. The van der Waals surface area contributed by atoms with Crippen molar-refractivity contribution in [2.24, 2.45) is 0 Å². The van der Waals surface area contributed by atoms with Gasteiger partial charge < -0.3 is 15.4 Å². The second-order valence-electron chi connectivity index (χ2n) is 6.69. The number of carbonyl (C=O) groups excluding carboxylic acids is 1. The summed E-state index contributed by atoms with van der Waals surface area (Å²) in [7, 11) is 0. The van der Waals surface area contributed by atoms with Crippen LogP contribution in [0.3, 0.4) is 0 Å². The molecule has 6 heteroatoms. The quantitative estimate of drug-likeness (QED) is 0.846. The molecule has 1 aliphatic rings. The normalized spacial score (nSPS) is 18.1. The average Bonchev–Trinajstić information content (AvgIpc) is 3.24. The molecule has 2 unspecified atom stereocenters. The van der Waals surface area contributed by atoms with Crippen LogP contribution in [0.15, 0.2) is 30.6 Å². The Morgan fingerprint density at radius 2 is 2.28 bits per heavy atom. The number of carbonyl (C=O) groups is 1. The number of hydrogen-bond donors (Lipinski definition) is 2. The van der Waals surface area contributed by atoms with E-state index in [4.69, 9.17) is 4.74 Å². The van der Waals surface area contributed by atoms with Crippen LogP contribution in [0, 0.1) is 13.8 Å². The van der Waals surface area contributed by atoms with Crippen LogP contribution in [-0.2, 0) is 16.1 Å². The van der Waals surface area contributed by atoms with Crippen molar-refractivity contribution in [1.82, 2.24) is 9.78 Å². The Morgan fingerprint density at radius 3 is 3.04 bits per heavy atom. The van der Waals surface area contributed by atoms with E-state index in [1.54, 1.807) is 6.20 Å². The number of rotatable bonds is 6. The highest BCUT2D eigenvalue weighted by molar-refractivity contribution is 5.96. The van der Waals surface area contributed by atoms with E-state index in [-0.39, 0.29) is 18.1 Å². The molecule has 2 aromatic rings. The molecule has 134 valence electrons. The molecule has 2 heterocycles. The molecule has 1 aliphatic heterocycles. The molecule has 1 saturated heterocycles. The van der Waals surface area contributed by atoms with Crippen molar-refractivity contribution in [3.63, 3.8) is 0 Å². The second-order valence-corrected chi connectivity index (χ2v) is 6.69. The minimum Gasteiger partial charge on any atom is -0.376 e. The average molecular weight is 342 g/mol. The maximum absolute atomic E-state index is 12.4. The summed E-state index contributed by atoms with van der Waals surface area (Å²) in [6.45, 7) is 7.49. The summed E-state index contributed by atoms with van der Waals surface area (Å²) in [5.74, 6) is -0.0689. The Balaban J connectivity index is 1.56. The molecular formula is C19H26N4O2. The SMILES string of the molecule is Cc1cccc(NC(=O)C(C)Nc2cnn(CC3CCCO3)c2)c1C. The second kappa shape index (κ2) is 7.70. The molecule has 0 saturated carbocycles. The summed E-state index contributed by atoms with van der Waals surface area (Å²) < 4.78 is 7.50. The Bertz CT molecular complexity index is 735. The molecular weight excluding hydrogens is 316 g/mol. The van der Waals surface area contributed by atoms with Crippen molar-refractivity contribution >= 4 is 17.3 Å². The first-order chi connectivity index (χ1) is 12.0. The van der Waals surface area contributed by atoms with Gasteiger partial charge in [-0.2, -0.15) is 5.10 Å². The molecule has 1 fully saturated rings. The van der Waals surface area contributed by atoms with Gasteiger partial charge in [0.2, 0.25) is 5.91 Å². The predicted octanol–water partition coefficient (Wildman–Crippen LogP) is 3.12. The number of nitrogens with zero attached hydrogens (tertiary/aromatic N) is 2. The van der Waals surface area contributed by atoms with Gasteiger partial charge in [-0.3, -0.25) is 9.48 Å². The molecule has 6 nitrogen and oxygen atoms in total. The van der Waals surface area contributed by atoms with Crippen LogP contribution < -0.4 is 10.6 Å². The molecule has 0 spiro atoms. The van der Waals surface area contributed by atoms with Crippen molar-refractivity contribution in [1.29, 1.82) is 0 Å². The summed E-state index contributed by atoms with van der Waals surface area (Å²) in [4.78, 5) is 12.4. The highest BCUT2D eigenvalue weighted by atomic mass is 16.5. The fraction of sp³-hybridized carbons (Fsp3) is 0.474. The highest BCUT2D eigenvalue weighted by Gasteiger charge is 2.18. The van der Waals surface area contributed by atoms with E-state index in [1.807, 2.05) is 49.8 Å². The number of benzene rings is 1. The van der Waals surface area contributed by atoms with Gasteiger partial charge >= 0.3 is 0 Å². The Morgan fingerprint density at radius 1 is 1.44 bits per heavy atom. The first-order valence-corrected chi connectivity index (χ1v) is 8.80. The maximum atomic E-state index is 12.4. The fourth-order valence-corrected chi connectivity index (χ4v) is 2.98. The molecule has 3 rings (SSSR count). The summed E-state index contributed by atoms with van der Waals surface area (Å²) >= 11 is 0. The number of amides is 1. The lowest BCUT2D eigenvalue weighted by Gasteiger charge is -2.16. The van der Waals surface area contributed by atoms with Gasteiger partial charge in [0.25, 0.3) is 0 Å². The van der Waals surface area contributed by atoms with Gasteiger partial charge in [0, 0.05) is 18.5 Å². The standard InChI is InChI=1S/C19H26N4O2/c1-13-6-4-8-18(14(13)2)22-19(24)15(3)21-16-10-20-23(11-16)12-17-7-5-9-25-17/h4,6,8,10-11,15,17,21H,5,7,9,12H2,1-3H3,(H,22,24). The topological polar surface area (TPSA) is 68.2 Å². The van der Waals surface area contributed by atoms with E-state index in [0.29, 0.717) is 0 Å². The van der Waals surface area contributed by atoms with E-state index in [2.05, 4.69) is 15.7 Å². The lowest BCUT2D eigenvalue weighted by molar-refractivity contribution is -0.116. The molecule has 1 aromatic carbocycles. The molecule has 1 aromatic heterocycles.